The van der Waals surface area contributed by atoms with Crippen molar-refractivity contribution in [2.45, 2.75) is 49.8 Å². The summed E-state index contributed by atoms with van der Waals surface area (Å²) in [7, 11) is -3.54. The van der Waals surface area contributed by atoms with Crippen molar-refractivity contribution in [2.75, 3.05) is 32.7 Å². The largest absolute Gasteiger partial charge is 0.354 e. The molecule has 1 aromatic carbocycles. The van der Waals surface area contributed by atoms with Crippen LogP contribution in [0, 0.1) is 19.8 Å². The van der Waals surface area contributed by atoms with Gasteiger partial charge in [0, 0.05) is 24.5 Å². The Labute approximate surface area is 195 Å². The third-order valence-electron chi connectivity index (χ3n) is 6.58. The lowest BCUT2D eigenvalue weighted by atomic mass is 9.98. The van der Waals surface area contributed by atoms with E-state index in [1.165, 1.54) is 39.6 Å². The molecule has 0 saturated carbocycles. The van der Waals surface area contributed by atoms with Crippen LogP contribution in [-0.4, -0.2) is 56.3 Å². The number of carbonyl (C=O) groups is 1. The zero-order valence-electron chi connectivity index (χ0n) is 18.9. The molecule has 8 heteroatoms. The summed E-state index contributed by atoms with van der Waals surface area (Å²) in [5.41, 5.74) is 2.45. The van der Waals surface area contributed by atoms with Gasteiger partial charge in [-0.15, -0.1) is 11.3 Å². The molecule has 2 aliphatic rings. The van der Waals surface area contributed by atoms with E-state index in [2.05, 4.69) is 41.4 Å². The normalized spacial score (nSPS) is 21.5. The quantitative estimate of drug-likeness (QED) is 0.663. The summed E-state index contributed by atoms with van der Waals surface area (Å²) < 4.78 is 27.9. The molecule has 2 saturated heterocycles. The average molecular weight is 476 g/mol. The summed E-state index contributed by atoms with van der Waals surface area (Å²) in [6, 6.07) is 12.2. The highest BCUT2D eigenvalue weighted by Crippen LogP contribution is 2.29. The Hall–Kier alpha value is -1.74. The van der Waals surface area contributed by atoms with Crippen LogP contribution in [0.25, 0.3) is 0 Å². The van der Waals surface area contributed by atoms with Crippen molar-refractivity contribution in [2.24, 2.45) is 5.92 Å². The van der Waals surface area contributed by atoms with Gasteiger partial charge in [-0.2, -0.15) is 4.31 Å². The molecule has 0 radical (unpaired) electrons. The van der Waals surface area contributed by atoms with E-state index in [0.29, 0.717) is 23.7 Å². The van der Waals surface area contributed by atoms with Crippen LogP contribution < -0.4 is 5.32 Å². The summed E-state index contributed by atoms with van der Waals surface area (Å²) in [5, 5.41) is 3.16. The van der Waals surface area contributed by atoms with Gasteiger partial charge in [-0.3, -0.25) is 9.69 Å². The molecule has 6 nitrogen and oxygen atoms in total. The van der Waals surface area contributed by atoms with Gasteiger partial charge < -0.3 is 5.32 Å². The zero-order valence-corrected chi connectivity index (χ0v) is 20.6. The Kier molecular flexibility index (Phi) is 7.34. The van der Waals surface area contributed by atoms with Gasteiger partial charge in [-0.1, -0.05) is 29.8 Å². The maximum absolute atomic E-state index is 13.1. The monoisotopic (exact) mass is 475 g/mol. The molecule has 1 aromatic heterocycles. The van der Waals surface area contributed by atoms with E-state index in [0.717, 1.165) is 24.4 Å². The number of rotatable bonds is 7. The first-order valence-electron chi connectivity index (χ1n) is 11.5. The van der Waals surface area contributed by atoms with Gasteiger partial charge in [-0.05, 0) is 70.3 Å². The molecule has 2 aromatic rings. The molecule has 0 aliphatic carbocycles. The fraction of sp³-hybridized carbons (Fsp3) is 0.542. The molecule has 2 atom stereocenters. The minimum Gasteiger partial charge on any atom is -0.354 e. The van der Waals surface area contributed by atoms with Crippen molar-refractivity contribution in [3.63, 3.8) is 0 Å². The molecular weight excluding hydrogens is 442 g/mol. The van der Waals surface area contributed by atoms with Crippen molar-refractivity contribution < 1.29 is 13.2 Å². The number of sulfonamides is 1. The second-order valence-corrected chi connectivity index (χ2v) is 12.4. The molecular formula is C24H33N3O3S2. The summed E-state index contributed by atoms with van der Waals surface area (Å²) in [5.74, 6) is -0.347. The van der Waals surface area contributed by atoms with Gasteiger partial charge in [0.05, 0.1) is 12.0 Å². The van der Waals surface area contributed by atoms with E-state index in [4.69, 9.17) is 0 Å². The molecule has 2 aliphatic heterocycles. The molecule has 2 fully saturated rings. The van der Waals surface area contributed by atoms with E-state index in [9.17, 15) is 13.2 Å². The van der Waals surface area contributed by atoms with Crippen molar-refractivity contribution in [3.05, 3.63) is 52.4 Å². The van der Waals surface area contributed by atoms with Crippen LogP contribution in [0.2, 0.25) is 0 Å². The highest BCUT2D eigenvalue weighted by Gasteiger charge is 2.34. The van der Waals surface area contributed by atoms with Crippen LogP contribution in [0.1, 0.15) is 47.7 Å². The fourth-order valence-corrected chi connectivity index (χ4v) is 7.66. The molecule has 1 amide bonds. The maximum Gasteiger partial charge on any atom is 0.252 e. The predicted molar refractivity (Wildman–Crippen MR) is 128 cm³/mol. The number of hydrogen-bond acceptors (Lipinski definition) is 5. The van der Waals surface area contributed by atoms with Crippen LogP contribution in [0.3, 0.4) is 0 Å². The first kappa shape index (κ1) is 23.4. The van der Waals surface area contributed by atoms with E-state index < -0.39 is 10.0 Å². The average Bonchev–Trinajstić information content (AvgIpc) is 3.47. The SMILES string of the molecule is Cc1ccc(C(CNC(=O)C2CCCN(S(=O)(=O)c3ccc(C)s3)C2)N2CCCC2)cc1. The number of hydrogen-bond donors (Lipinski definition) is 1. The number of carbonyl (C=O) groups excluding carboxylic acids is 1. The van der Waals surface area contributed by atoms with Crippen molar-refractivity contribution in [3.8, 4) is 0 Å². The van der Waals surface area contributed by atoms with Gasteiger partial charge in [0.15, 0.2) is 0 Å². The Balaban J connectivity index is 1.41. The summed E-state index contributed by atoms with van der Waals surface area (Å²) >= 11 is 1.29. The minimum absolute atomic E-state index is 0.0384. The molecule has 174 valence electrons. The number of nitrogens with one attached hydrogen (secondary N) is 1. The van der Waals surface area contributed by atoms with Gasteiger partial charge in [0.25, 0.3) is 10.0 Å². The second-order valence-electron chi connectivity index (χ2n) is 8.98. The second kappa shape index (κ2) is 10.0. The van der Waals surface area contributed by atoms with Crippen LogP contribution >= 0.6 is 11.3 Å². The Morgan fingerprint density at radius 2 is 1.78 bits per heavy atom. The Morgan fingerprint density at radius 3 is 2.44 bits per heavy atom. The van der Waals surface area contributed by atoms with Gasteiger partial charge in [0.1, 0.15) is 4.21 Å². The van der Waals surface area contributed by atoms with Crippen LogP contribution in [0.4, 0.5) is 0 Å². The van der Waals surface area contributed by atoms with Crippen LogP contribution in [0.15, 0.2) is 40.6 Å². The Bertz CT molecular complexity index is 1030. The number of benzene rings is 1. The van der Waals surface area contributed by atoms with E-state index >= 15 is 0 Å². The van der Waals surface area contributed by atoms with E-state index in [-0.39, 0.29) is 24.4 Å². The number of amides is 1. The van der Waals surface area contributed by atoms with Crippen LogP contribution in [-0.2, 0) is 14.8 Å². The van der Waals surface area contributed by atoms with E-state index in [1.807, 2.05) is 13.0 Å². The van der Waals surface area contributed by atoms with E-state index in [1.54, 1.807) is 6.07 Å². The van der Waals surface area contributed by atoms with Crippen molar-refractivity contribution >= 4 is 27.3 Å². The van der Waals surface area contributed by atoms with Crippen LogP contribution in [0.5, 0.6) is 0 Å². The molecule has 3 heterocycles. The molecule has 2 unspecified atom stereocenters. The lowest BCUT2D eigenvalue weighted by Gasteiger charge is -2.32. The first-order valence-corrected chi connectivity index (χ1v) is 13.7. The molecule has 4 rings (SSSR count). The number of nitrogens with zero attached hydrogens (tertiary/aromatic N) is 2. The highest BCUT2D eigenvalue weighted by atomic mass is 32.2. The zero-order chi connectivity index (χ0) is 22.7. The first-order chi connectivity index (χ1) is 15.3. The number of aryl methyl sites for hydroxylation is 2. The molecule has 1 N–H and O–H groups in total. The lowest BCUT2D eigenvalue weighted by Crippen LogP contribution is -2.46. The van der Waals surface area contributed by atoms with Gasteiger partial charge in [-0.25, -0.2) is 8.42 Å². The molecule has 0 spiro atoms. The number of piperidine rings is 1. The van der Waals surface area contributed by atoms with Crippen molar-refractivity contribution in [1.29, 1.82) is 0 Å². The molecule has 32 heavy (non-hydrogen) atoms. The third kappa shape index (κ3) is 5.25. The maximum atomic E-state index is 13.1. The smallest absolute Gasteiger partial charge is 0.252 e. The number of likely N-dealkylation sites (tertiary alicyclic amines) is 1. The molecule has 0 bridgehead atoms. The summed E-state index contributed by atoms with van der Waals surface area (Å²) in [4.78, 5) is 16.5. The van der Waals surface area contributed by atoms with Gasteiger partial charge >= 0.3 is 0 Å². The predicted octanol–water partition coefficient (Wildman–Crippen LogP) is 3.72. The Morgan fingerprint density at radius 1 is 1.06 bits per heavy atom. The minimum atomic E-state index is -3.54. The topological polar surface area (TPSA) is 69.7 Å². The third-order valence-corrected chi connectivity index (χ3v) is 9.91. The fourth-order valence-electron chi connectivity index (χ4n) is 4.69. The standard InChI is InChI=1S/C24H33N3O3S2/c1-18-7-10-20(11-8-18)22(26-13-3-4-14-26)16-25-24(28)21-6-5-15-27(17-21)32(29,30)23-12-9-19(2)31-23/h7-12,21-22H,3-6,13-17H2,1-2H3,(H,25,28). The van der Waals surface area contributed by atoms with Gasteiger partial charge in [0.2, 0.25) is 5.91 Å². The summed E-state index contributed by atoms with van der Waals surface area (Å²) in [6.07, 6.45) is 3.80. The lowest BCUT2D eigenvalue weighted by molar-refractivity contribution is -0.126. The van der Waals surface area contributed by atoms with Crippen molar-refractivity contribution in [1.82, 2.24) is 14.5 Å². The summed E-state index contributed by atoms with van der Waals surface area (Å²) in [6.45, 7) is 7.36. The number of thiophene rings is 1. The highest BCUT2D eigenvalue weighted by molar-refractivity contribution is 7.91.